The molecule has 2 aromatic rings. The van der Waals surface area contributed by atoms with Crippen LogP contribution < -0.4 is 0 Å². The Labute approximate surface area is 134 Å². The molecule has 0 fully saturated rings. The van der Waals surface area contributed by atoms with Crippen LogP contribution in [0.2, 0.25) is 0 Å². The van der Waals surface area contributed by atoms with E-state index in [2.05, 4.69) is 57.3 Å². The molecule has 1 aromatic carbocycles. The molecule has 5 heteroatoms. The molecule has 0 amide bonds. The summed E-state index contributed by atoms with van der Waals surface area (Å²) in [5.41, 5.74) is 2.16. The first-order valence-corrected chi connectivity index (χ1v) is 8.30. The van der Waals surface area contributed by atoms with Crippen molar-refractivity contribution in [2.45, 2.75) is 38.7 Å². The zero-order chi connectivity index (χ0) is 14.7. The van der Waals surface area contributed by atoms with Crippen molar-refractivity contribution in [3.63, 3.8) is 0 Å². The van der Waals surface area contributed by atoms with Crippen molar-refractivity contribution in [2.75, 3.05) is 13.6 Å². The van der Waals surface area contributed by atoms with E-state index < -0.39 is 0 Å². The Bertz CT molecular complexity index is 582. The molecule has 1 atom stereocenters. The molecule has 0 N–H and O–H groups in total. The molecular formula is C15H21BrClN3. The van der Waals surface area contributed by atoms with E-state index in [1.165, 1.54) is 0 Å². The number of hydrogen-bond donors (Lipinski definition) is 0. The largest absolute Gasteiger partial charge is 0.326 e. The lowest BCUT2D eigenvalue weighted by atomic mass is 10.2. The lowest BCUT2D eigenvalue weighted by Gasteiger charge is -2.24. The second kappa shape index (κ2) is 6.92. The highest BCUT2D eigenvalue weighted by Crippen LogP contribution is 2.22. The van der Waals surface area contributed by atoms with Crippen molar-refractivity contribution in [2.24, 2.45) is 0 Å². The average molecular weight is 359 g/mol. The third-order valence-electron chi connectivity index (χ3n) is 3.93. The molecule has 0 bridgehead atoms. The minimum Gasteiger partial charge on any atom is -0.326 e. The Morgan fingerprint density at radius 2 is 2.20 bits per heavy atom. The van der Waals surface area contributed by atoms with Crippen LogP contribution in [0.15, 0.2) is 22.7 Å². The number of benzene rings is 1. The highest BCUT2D eigenvalue weighted by molar-refractivity contribution is 9.10. The predicted molar refractivity (Wildman–Crippen MR) is 89.4 cm³/mol. The Balaban J connectivity index is 2.25. The Kier molecular flexibility index (Phi) is 5.47. The molecule has 0 aliphatic heterocycles. The smallest absolute Gasteiger partial charge is 0.124 e. The second-order valence-electron chi connectivity index (χ2n) is 5.18. The van der Waals surface area contributed by atoms with E-state index in [9.17, 15) is 0 Å². The maximum absolute atomic E-state index is 6.04. The van der Waals surface area contributed by atoms with Gasteiger partial charge in [0.2, 0.25) is 0 Å². The van der Waals surface area contributed by atoms with E-state index in [1.54, 1.807) is 0 Å². The van der Waals surface area contributed by atoms with Crippen LogP contribution in [0, 0.1) is 0 Å². The Morgan fingerprint density at radius 1 is 1.45 bits per heavy atom. The number of rotatable bonds is 6. The van der Waals surface area contributed by atoms with Gasteiger partial charge in [0, 0.05) is 23.6 Å². The highest BCUT2D eigenvalue weighted by Gasteiger charge is 2.12. The van der Waals surface area contributed by atoms with Crippen LogP contribution in [-0.2, 0) is 12.4 Å². The lowest BCUT2D eigenvalue weighted by molar-refractivity contribution is 0.243. The second-order valence-corrected chi connectivity index (χ2v) is 6.37. The molecule has 1 unspecified atom stereocenters. The molecule has 3 nitrogen and oxygen atoms in total. The minimum atomic E-state index is 0.444. The van der Waals surface area contributed by atoms with Crippen molar-refractivity contribution in [1.82, 2.24) is 14.5 Å². The molecule has 0 radical (unpaired) electrons. The first-order chi connectivity index (χ1) is 9.56. The van der Waals surface area contributed by atoms with Gasteiger partial charge in [0.1, 0.15) is 5.82 Å². The lowest BCUT2D eigenvalue weighted by Crippen LogP contribution is -2.31. The summed E-state index contributed by atoms with van der Waals surface area (Å²) in [6, 6.07) is 6.76. The van der Waals surface area contributed by atoms with Crippen LogP contribution >= 0.6 is 27.5 Å². The summed E-state index contributed by atoms with van der Waals surface area (Å²) in [6.07, 6.45) is 1.16. The molecule has 110 valence electrons. The van der Waals surface area contributed by atoms with Gasteiger partial charge in [-0.25, -0.2) is 4.98 Å². The number of fused-ring (bicyclic) bond motifs is 1. The van der Waals surface area contributed by atoms with E-state index in [0.717, 1.165) is 40.8 Å². The van der Waals surface area contributed by atoms with E-state index in [0.29, 0.717) is 11.9 Å². The molecule has 0 saturated heterocycles. The van der Waals surface area contributed by atoms with Crippen molar-refractivity contribution in [3.05, 3.63) is 28.5 Å². The molecule has 2 rings (SSSR count). The Morgan fingerprint density at radius 3 is 2.85 bits per heavy atom. The number of nitrogens with zero attached hydrogens (tertiary/aromatic N) is 3. The van der Waals surface area contributed by atoms with Gasteiger partial charge in [0.25, 0.3) is 0 Å². The van der Waals surface area contributed by atoms with Gasteiger partial charge in [-0.1, -0.05) is 22.9 Å². The van der Waals surface area contributed by atoms with E-state index >= 15 is 0 Å². The Hall–Kier alpha value is -0.580. The van der Waals surface area contributed by atoms with Crippen molar-refractivity contribution in [3.8, 4) is 0 Å². The topological polar surface area (TPSA) is 21.1 Å². The van der Waals surface area contributed by atoms with E-state index in [1.807, 2.05) is 12.1 Å². The van der Waals surface area contributed by atoms with Crippen LogP contribution in [0.5, 0.6) is 0 Å². The van der Waals surface area contributed by atoms with Crippen LogP contribution in [0.4, 0.5) is 0 Å². The molecule has 0 aliphatic rings. The average Bonchev–Trinajstić information content (AvgIpc) is 2.80. The summed E-state index contributed by atoms with van der Waals surface area (Å²) < 4.78 is 3.30. The maximum Gasteiger partial charge on any atom is 0.124 e. The summed E-state index contributed by atoms with van der Waals surface area (Å²) in [6.45, 7) is 6.38. The van der Waals surface area contributed by atoms with Gasteiger partial charge >= 0.3 is 0 Å². The summed E-state index contributed by atoms with van der Waals surface area (Å²) in [5, 5.41) is 0. The van der Waals surface area contributed by atoms with Crippen LogP contribution in [-0.4, -0.2) is 34.1 Å². The molecule has 0 spiro atoms. The fourth-order valence-electron chi connectivity index (χ4n) is 2.29. The summed E-state index contributed by atoms with van der Waals surface area (Å²) in [4.78, 5) is 6.98. The van der Waals surface area contributed by atoms with Gasteiger partial charge in [0.15, 0.2) is 0 Å². The predicted octanol–water partition coefficient (Wildman–Crippen LogP) is 4.27. The SMILES string of the molecule is CCC(C)N(C)CCn1c(CCl)nc2ccc(Br)cc21. The van der Waals surface area contributed by atoms with Gasteiger partial charge in [0.05, 0.1) is 16.9 Å². The van der Waals surface area contributed by atoms with Gasteiger partial charge in [-0.05, 0) is 38.6 Å². The minimum absolute atomic E-state index is 0.444. The fourth-order valence-corrected chi connectivity index (χ4v) is 2.84. The highest BCUT2D eigenvalue weighted by atomic mass is 79.9. The number of alkyl halides is 1. The third-order valence-corrected chi connectivity index (χ3v) is 4.66. The fraction of sp³-hybridized carbons (Fsp3) is 0.533. The molecule has 1 heterocycles. The van der Waals surface area contributed by atoms with Gasteiger partial charge in [-0.2, -0.15) is 0 Å². The van der Waals surface area contributed by atoms with Gasteiger partial charge in [-0.3, -0.25) is 0 Å². The molecule has 0 saturated carbocycles. The zero-order valence-corrected chi connectivity index (χ0v) is 14.6. The normalized spacial score (nSPS) is 13.3. The maximum atomic E-state index is 6.04. The number of halogens is 2. The van der Waals surface area contributed by atoms with Crippen LogP contribution in [0.1, 0.15) is 26.1 Å². The summed E-state index contributed by atoms with van der Waals surface area (Å²) in [5.74, 6) is 1.39. The molecule has 20 heavy (non-hydrogen) atoms. The van der Waals surface area contributed by atoms with Crippen molar-refractivity contribution in [1.29, 1.82) is 0 Å². The summed E-state index contributed by atoms with van der Waals surface area (Å²) >= 11 is 9.57. The monoisotopic (exact) mass is 357 g/mol. The summed E-state index contributed by atoms with van der Waals surface area (Å²) in [7, 11) is 2.17. The van der Waals surface area contributed by atoms with E-state index in [-0.39, 0.29) is 0 Å². The van der Waals surface area contributed by atoms with Gasteiger partial charge in [-0.15, -0.1) is 11.6 Å². The van der Waals surface area contributed by atoms with E-state index in [4.69, 9.17) is 11.6 Å². The molecule has 1 aromatic heterocycles. The van der Waals surface area contributed by atoms with Crippen molar-refractivity contribution >= 4 is 38.6 Å². The van der Waals surface area contributed by atoms with Crippen LogP contribution in [0.3, 0.4) is 0 Å². The quantitative estimate of drug-likeness (QED) is 0.719. The van der Waals surface area contributed by atoms with Crippen molar-refractivity contribution < 1.29 is 0 Å². The number of aromatic nitrogens is 2. The number of likely N-dealkylation sites (N-methyl/N-ethyl adjacent to an activating group) is 1. The zero-order valence-electron chi connectivity index (χ0n) is 12.2. The standard InChI is InChI=1S/C15H21BrClN3/c1-4-11(2)19(3)7-8-20-14-9-12(16)5-6-13(14)18-15(20)10-17/h5-6,9,11H,4,7-8,10H2,1-3H3. The van der Waals surface area contributed by atoms with Crippen LogP contribution in [0.25, 0.3) is 11.0 Å². The van der Waals surface area contributed by atoms with Gasteiger partial charge < -0.3 is 9.47 Å². The number of imidazole rings is 1. The molecule has 0 aliphatic carbocycles. The molecular weight excluding hydrogens is 338 g/mol. The number of hydrogen-bond acceptors (Lipinski definition) is 2. The first-order valence-electron chi connectivity index (χ1n) is 6.97. The first kappa shape index (κ1) is 15.8. The third kappa shape index (κ3) is 3.35.